The molecule has 0 bridgehead atoms. The van der Waals surface area contributed by atoms with E-state index in [2.05, 4.69) is 4.74 Å². The summed E-state index contributed by atoms with van der Waals surface area (Å²) in [6.07, 6.45) is -4.76. The van der Waals surface area contributed by atoms with E-state index in [1.54, 1.807) is 24.3 Å². The van der Waals surface area contributed by atoms with Crippen LogP contribution in [0.15, 0.2) is 30.3 Å². The molecule has 1 heterocycles. The lowest BCUT2D eigenvalue weighted by Gasteiger charge is -2.09. The van der Waals surface area contributed by atoms with Gasteiger partial charge in [-0.2, -0.15) is 0 Å². The van der Waals surface area contributed by atoms with E-state index in [1.807, 2.05) is 6.07 Å². The number of hydrogen-bond acceptors (Lipinski definition) is 6. The van der Waals surface area contributed by atoms with Crippen molar-refractivity contribution in [3.8, 4) is 0 Å². The van der Waals surface area contributed by atoms with Crippen molar-refractivity contribution in [3.63, 3.8) is 0 Å². The molecular weight excluding hydrogens is 254 g/mol. The summed E-state index contributed by atoms with van der Waals surface area (Å²) in [5, 5.41) is 35.0. The number of rotatable bonds is 2. The second-order valence-corrected chi connectivity index (χ2v) is 3.96. The van der Waals surface area contributed by atoms with E-state index in [9.17, 15) is 4.79 Å². The van der Waals surface area contributed by atoms with Crippen molar-refractivity contribution in [2.45, 2.75) is 24.6 Å². The van der Waals surface area contributed by atoms with Crippen molar-refractivity contribution < 1.29 is 30.0 Å². The normalized spacial score (nSPS) is 29.5. The van der Waals surface area contributed by atoms with Gasteiger partial charge in [-0.25, -0.2) is 0 Å². The van der Waals surface area contributed by atoms with Crippen LogP contribution in [0.25, 0.3) is 0 Å². The monoisotopic (exact) mass is 271 g/mol. The minimum absolute atomic E-state index is 0.379. The first-order valence-electron chi connectivity index (χ1n) is 5.62. The van der Waals surface area contributed by atoms with Gasteiger partial charge in [-0.15, -0.1) is 0 Å². The van der Waals surface area contributed by atoms with Crippen LogP contribution in [0, 0.1) is 0 Å². The van der Waals surface area contributed by atoms with E-state index >= 15 is 0 Å². The summed E-state index contributed by atoms with van der Waals surface area (Å²) in [4.78, 5) is 10.4. The van der Waals surface area contributed by atoms with Crippen LogP contribution in [-0.2, 0) is 4.74 Å². The van der Waals surface area contributed by atoms with Crippen LogP contribution in [0.2, 0.25) is 0 Å². The predicted molar refractivity (Wildman–Crippen MR) is 64.9 cm³/mol. The summed E-state index contributed by atoms with van der Waals surface area (Å²) in [5.74, 6) is -0.379. The summed E-state index contributed by atoms with van der Waals surface area (Å²) in [7, 11) is 0. The maximum Gasteiger partial charge on any atom is 0.248 e. The molecule has 7 heteroatoms. The van der Waals surface area contributed by atoms with E-state index in [1.165, 1.54) is 0 Å². The highest BCUT2D eigenvalue weighted by molar-refractivity contribution is 5.92. The lowest BCUT2D eigenvalue weighted by molar-refractivity contribution is -0.132. The second-order valence-electron chi connectivity index (χ2n) is 3.96. The molecule has 1 fully saturated rings. The van der Waals surface area contributed by atoms with Gasteiger partial charge < -0.3 is 30.9 Å². The first kappa shape index (κ1) is 15.5. The van der Waals surface area contributed by atoms with Crippen LogP contribution in [0.3, 0.4) is 0 Å². The molecule has 2 rings (SSSR count). The highest BCUT2D eigenvalue weighted by Crippen LogP contribution is 2.18. The molecule has 6 N–H and O–H groups in total. The Hall–Kier alpha value is -1.51. The minimum Gasteiger partial charge on any atom is -0.394 e. The Morgan fingerprint density at radius 3 is 2.00 bits per heavy atom. The summed E-state index contributed by atoms with van der Waals surface area (Å²) in [5.41, 5.74) is 5.53. The van der Waals surface area contributed by atoms with Gasteiger partial charge in [0.15, 0.2) is 6.29 Å². The number of aliphatic hydroxyl groups is 4. The van der Waals surface area contributed by atoms with Gasteiger partial charge in [0.1, 0.15) is 18.3 Å². The summed E-state index contributed by atoms with van der Waals surface area (Å²) >= 11 is 0. The fourth-order valence-electron chi connectivity index (χ4n) is 1.48. The standard InChI is InChI=1S/C7H7NO.C5H10O5/c8-7(9)6-4-2-1-3-5-6;6-1-2-3(7)4(8)5(9)10-2/h1-5H,(H2,8,9);2-9H,1H2/t;2-,3-,4-,5?/m.1/s1. The van der Waals surface area contributed by atoms with Gasteiger partial charge in [0, 0.05) is 5.56 Å². The smallest absolute Gasteiger partial charge is 0.248 e. The number of amides is 1. The number of carbonyl (C=O) groups excluding carboxylic acids is 1. The van der Waals surface area contributed by atoms with E-state index < -0.39 is 31.2 Å². The van der Waals surface area contributed by atoms with E-state index in [-0.39, 0.29) is 5.91 Å². The molecular formula is C12H17NO6. The van der Waals surface area contributed by atoms with Gasteiger partial charge in [-0.05, 0) is 12.1 Å². The highest BCUT2D eigenvalue weighted by atomic mass is 16.6. The molecule has 1 aromatic rings. The number of benzene rings is 1. The van der Waals surface area contributed by atoms with Gasteiger partial charge in [0.25, 0.3) is 0 Å². The molecule has 7 nitrogen and oxygen atoms in total. The SMILES string of the molecule is NC(=O)c1ccccc1.OC[C@H]1OC(O)[C@H](O)[C@@H]1O. The van der Waals surface area contributed by atoms with Crippen LogP contribution in [0.5, 0.6) is 0 Å². The van der Waals surface area contributed by atoms with Crippen molar-refractivity contribution in [2.24, 2.45) is 5.73 Å². The maximum absolute atomic E-state index is 10.4. The largest absolute Gasteiger partial charge is 0.394 e. The number of hydrogen-bond donors (Lipinski definition) is 5. The Balaban J connectivity index is 0.000000191. The molecule has 0 saturated carbocycles. The van der Waals surface area contributed by atoms with Gasteiger partial charge in [0.2, 0.25) is 5.91 Å². The molecule has 1 aliphatic heterocycles. The Kier molecular flexibility index (Phi) is 5.87. The predicted octanol–water partition coefficient (Wildman–Crippen LogP) is -1.80. The van der Waals surface area contributed by atoms with E-state index in [0.29, 0.717) is 5.56 Å². The molecule has 1 unspecified atom stereocenters. The third-order valence-electron chi connectivity index (χ3n) is 2.58. The quantitative estimate of drug-likeness (QED) is 0.431. The van der Waals surface area contributed by atoms with E-state index in [0.717, 1.165) is 0 Å². The third-order valence-corrected chi connectivity index (χ3v) is 2.58. The first-order chi connectivity index (χ1) is 8.97. The Morgan fingerprint density at radius 1 is 1.16 bits per heavy atom. The van der Waals surface area contributed by atoms with Gasteiger partial charge in [-0.3, -0.25) is 4.79 Å². The van der Waals surface area contributed by atoms with Gasteiger partial charge in [-0.1, -0.05) is 18.2 Å². The van der Waals surface area contributed by atoms with Crippen molar-refractivity contribution in [1.82, 2.24) is 0 Å². The first-order valence-corrected chi connectivity index (χ1v) is 5.62. The second kappa shape index (κ2) is 7.17. The van der Waals surface area contributed by atoms with Crippen molar-refractivity contribution in [1.29, 1.82) is 0 Å². The molecule has 0 spiro atoms. The summed E-state index contributed by atoms with van der Waals surface area (Å²) in [6, 6.07) is 8.76. The van der Waals surface area contributed by atoms with Gasteiger partial charge >= 0.3 is 0 Å². The molecule has 4 atom stereocenters. The molecule has 0 aromatic heterocycles. The molecule has 1 aromatic carbocycles. The Bertz CT molecular complexity index is 398. The number of ether oxygens (including phenoxy) is 1. The topological polar surface area (TPSA) is 133 Å². The molecule has 1 aliphatic rings. The van der Waals surface area contributed by atoms with Gasteiger partial charge in [0.05, 0.1) is 6.61 Å². The van der Waals surface area contributed by atoms with Crippen LogP contribution in [0.1, 0.15) is 10.4 Å². The van der Waals surface area contributed by atoms with Crippen LogP contribution in [0.4, 0.5) is 0 Å². The maximum atomic E-state index is 10.4. The molecule has 1 amide bonds. The minimum atomic E-state index is -1.38. The zero-order chi connectivity index (χ0) is 14.4. The van der Waals surface area contributed by atoms with Crippen LogP contribution in [-0.4, -0.2) is 57.5 Å². The Morgan fingerprint density at radius 2 is 1.74 bits per heavy atom. The number of aliphatic hydroxyl groups excluding tert-OH is 4. The molecule has 0 aliphatic carbocycles. The molecule has 1 saturated heterocycles. The zero-order valence-corrected chi connectivity index (χ0v) is 10.1. The van der Waals surface area contributed by atoms with Crippen LogP contribution >= 0.6 is 0 Å². The van der Waals surface area contributed by atoms with Crippen molar-refractivity contribution in [2.75, 3.05) is 6.61 Å². The zero-order valence-electron chi connectivity index (χ0n) is 10.1. The van der Waals surface area contributed by atoms with Crippen molar-refractivity contribution in [3.05, 3.63) is 35.9 Å². The third kappa shape index (κ3) is 4.27. The van der Waals surface area contributed by atoms with E-state index in [4.69, 9.17) is 26.2 Å². The lowest BCUT2D eigenvalue weighted by atomic mass is 10.1. The molecule has 106 valence electrons. The Labute approximate surface area is 109 Å². The number of primary amides is 1. The average molecular weight is 271 g/mol. The highest BCUT2D eigenvalue weighted by Gasteiger charge is 2.41. The fourth-order valence-corrected chi connectivity index (χ4v) is 1.48. The average Bonchev–Trinajstić information content (AvgIpc) is 2.67. The van der Waals surface area contributed by atoms with Crippen LogP contribution < -0.4 is 5.73 Å². The molecule has 0 radical (unpaired) electrons. The number of nitrogens with two attached hydrogens (primary N) is 1. The van der Waals surface area contributed by atoms with Crippen molar-refractivity contribution >= 4 is 5.91 Å². The number of carbonyl (C=O) groups is 1. The summed E-state index contributed by atoms with van der Waals surface area (Å²) in [6.45, 7) is -0.407. The summed E-state index contributed by atoms with van der Waals surface area (Å²) < 4.78 is 4.54. The molecule has 19 heavy (non-hydrogen) atoms. The lowest BCUT2D eigenvalue weighted by Crippen LogP contribution is -2.33. The fraction of sp³-hybridized carbons (Fsp3) is 0.417.